The van der Waals surface area contributed by atoms with Crippen LogP contribution in [0.1, 0.15) is 25.0 Å². The summed E-state index contributed by atoms with van der Waals surface area (Å²) in [7, 11) is 1.82. The zero-order valence-corrected chi connectivity index (χ0v) is 11.4. The molecule has 96 valence electrons. The van der Waals surface area contributed by atoms with Crippen LogP contribution in [-0.2, 0) is 13.5 Å². The molecule has 0 saturated heterocycles. The van der Waals surface area contributed by atoms with Crippen molar-refractivity contribution in [1.82, 2.24) is 4.57 Å². The molecule has 0 bridgehead atoms. The maximum atomic E-state index is 12.3. The second-order valence-electron chi connectivity index (χ2n) is 5.71. The van der Waals surface area contributed by atoms with E-state index in [1.54, 1.807) is 4.57 Å². The standard InChI is InChI=1S/C15H20N2O/c1-10-6-5-7-11-8-12(9-15(2,3)16)14(18)17(4)13(10)11/h5-8H,9,16H2,1-4H3. The summed E-state index contributed by atoms with van der Waals surface area (Å²) < 4.78 is 1.73. The number of hydrogen-bond donors (Lipinski definition) is 1. The van der Waals surface area contributed by atoms with Gasteiger partial charge in [-0.15, -0.1) is 0 Å². The second-order valence-corrected chi connectivity index (χ2v) is 5.71. The highest BCUT2D eigenvalue weighted by atomic mass is 16.1. The number of nitrogens with two attached hydrogens (primary N) is 1. The average Bonchev–Trinajstić information content (AvgIpc) is 2.23. The average molecular weight is 244 g/mol. The van der Waals surface area contributed by atoms with Crippen molar-refractivity contribution in [3.63, 3.8) is 0 Å². The van der Waals surface area contributed by atoms with Crippen molar-refractivity contribution in [2.24, 2.45) is 12.8 Å². The Morgan fingerprint density at radius 2 is 2.00 bits per heavy atom. The highest BCUT2D eigenvalue weighted by Gasteiger charge is 2.16. The monoisotopic (exact) mass is 244 g/mol. The van der Waals surface area contributed by atoms with E-state index in [9.17, 15) is 4.79 Å². The summed E-state index contributed by atoms with van der Waals surface area (Å²) in [4.78, 5) is 12.3. The number of nitrogens with zero attached hydrogens (tertiary/aromatic N) is 1. The van der Waals surface area contributed by atoms with Crippen LogP contribution in [0.4, 0.5) is 0 Å². The Bertz CT molecular complexity index is 648. The zero-order chi connectivity index (χ0) is 13.5. The van der Waals surface area contributed by atoms with Gasteiger partial charge in [-0.05, 0) is 44.2 Å². The number of fused-ring (bicyclic) bond motifs is 1. The van der Waals surface area contributed by atoms with E-state index >= 15 is 0 Å². The molecule has 18 heavy (non-hydrogen) atoms. The lowest BCUT2D eigenvalue weighted by Gasteiger charge is -2.19. The van der Waals surface area contributed by atoms with Gasteiger partial charge in [-0.3, -0.25) is 4.79 Å². The van der Waals surface area contributed by atoms with Crippen LogP contribution >= 0.6 is 0 Å². The Morgan fingerprint density at radius 3 is 2.61 bits per heavy atom. The van der Waals surface area contributed by atoms with Gasteiger partial charge in [0.05, 0.1) is 5.52 Å². The summed E-state index contributed by atoms with van der Waals surface area (Å²) in [6.07, 6.45) is 0.587. The van der Waals surface area contributed by atoms with Gasteiger partial charge in [0.2, 0.25) is 0 Å². The number of benzene rings is 1. The topological polar surface area (TPSA) is 48.0 Å². The predicted molar refractivity (Wildman–Crippen MR) is 75.9 cm³/mol. The minimum atomic E-state index is -0.371. The van der Waals surface area contributed by atoms with Gasteiger partial charge in [-0.2, -0.15) is 0 Å². The van der Waals surface area contributed by atoms with Crippen molar-refractivity contribution in [1.29, 1.82) is 0 Å². The minimum absolute atomic E-state index is 0.0512. The fourth-order valence-corrected chi connectivity index (χ4v) is 2.44. The van der Waals surface area contributed by atoms with Gasteiger partial charge in [0.25, 0.3) is 5.56 Å². The van der Waals surface area contributed by atoms with Crippen LogP contribution in [0.25, 0.3) is 10.9 Å². The molecule has 2 rings (SSSR count). The van der Waals surface area contributed by atoms with Crippen LogP contribution in [0.5, 0.6) is 0 Å². The summed E-state index contributed by atoms with van der Waals surface area (Å²) in [6, 6.07) is 8.04. The molecule has 0 saturated carbocycles. The highest BCUT2D eigenvalue weighted by Crippen LogP contribution is 2.18. The third-order valence-electron chi connectivity index (χ3n) is 3.16. The number of aromatic nitrogens is 1. The lowest BCUT2D eigenvalue weighted by atomic mass is 9.96. The van der Waals surface area contributed by atoms with Gasteiger partial charge < -0.3 is 10.3 Å². The second kappa shape index (κ2) is 4.25. The van der Waals surface area contributed by atoms with E-state index in [1.807, 2.05) is 52.1 Å². The lowest BCUT2D eigenvalue weighted by Crippen LogP contribution is -2.37. The van der Waals surface area contributed by atoms with E-state index in [0.717, 1.165) is 22.0 Å². The molecule has 0 aliphatic carbocycles. The molecule has 0 aliphatic heterocycles. The lowest BCUT2D eigenvalue weighted by molar-refractivity contribution is 0.513. The minimum Gasteiger partial charge on any atom is -0.325 e. The number of pyridine rings is 1. The summed E-state index contributed by atoms with van der Waals surface area (Å²) >= 11 is 0. The van der Waals surface area contributed by atoms with E-state index < -0.39 is 0 Å². The largest absolute Gasteiger partial charge is 0.325 e. The third-order valence-corrected chi connectivity index (χ3v) is 3.16. The van der Waals surface area contributed by atoms with Crippen LogP contribution in [0, 0.1) is 6.92 Å². The Kier molecular flexibility index (Phi) is 3.03. The fraction of sp³-hybridized carbons (Fsp3) is 0.400. The maximum absolute atomic E-state index is 12.3. The first-order valence-corrected chi connectivity index (χ1v) is 6.17. The van der Waals surface area contributed by atoms with E-state index in [0.29, 0.717) is 6.42 Å². The van der Waals surface area contributed by atoms with Crippen molar-refractivity contribution >= 4 is 10.9 Å². The van der Waals surface area contributed by atoms with Crippen LogP contribution in [0.2, 0.25) is 0 Å². The Labute approximate surface area is 107 Å². The fourth-order valence-electron chi connectivity index (χ4n) is 2.44. The smallest absolute Gasteiger partial charge is 0.254 e. The molecule has 1 heterocycles. The van der Waals surface area contributed by atoms with Crippen molar-refractivity contribution in [2.45, 2.75) is 32.7 Å². The summed E-state index contributed by atoms with van der Waals surface area (Å²) in [6.45, 7) is 5.90. The van der Waals surface area contributed by atoms with Gasteiger partial charge in [0.15, 0.2) is 0 Å². The number of aryl methyl sites for hydroxylation is 2. The van der Waals surface area contributed by atoms with Crippen LogP contribution < -0.4 is 11.3 Å². The molecule has 0 aliphatic rings. The molecular formula is C15H20N2O. The molecular weight excluding hydrogens is 224 g/mol. The predicted octanol–water partition coefficient (Wildman–Crippen LogP) is 2.13. The van der Waals surface area contributed by atoms with E-state index in [4.69, 9.17) is 5.73 Å². The number of hydrogen-bond acceptors (Lipinski definition) is 2. The van der Waals surface area contributed by atoms with Crippen molar-refractivity contribution < 1.29 is 0 Å². The maximum Gasteiger partial charge on any atom is 0.254 e. The number of para-hydroxylation sites is 1. The van der Waals surface area contributed by atoms with Crippen molar-refractivity contribution in [3.8, 4) is 0 Å². The van der Waals surface area contributed by atoms with Gasteiger partial charge >= 0.3 is 0 Å². The molecule has 0 unspecified atom stereocenters. The van der Waals surface area contributed by atoms with E-state index in [2.05, 4.69) is 0 Å². The molecule has 0 radical (unpaired) electrons. The SMILES string of the molecule is Cc1cccc2cc(CC(C)(C)N)c(=O)n(C)c12. The quantitative estimate of drug-likeness (QED) is 0.879. The molecule has 1 aromatic heterocycles. The molecule has 3 heteroatoms. The normalized spacial score (nSPS) is 12.1. The summed E-state index contributed by atoms with van der Waals surface area (Å²) in [5, 5.41) is 1.09. The molecule has 2 N–H and O–H groups in total. The molecule has 3 nitrogen and oxygen atoms in total. The summed E-state index contributed by atoms with van der Waals surface area (Å²) in [5.74, 6) is 0. The molecule has 0 spiro atoms. The molecule has 0 fully saturated rings. The first-order valence-electron chi connectivity index (χ1n) is 6.17. The van der Waals surface area contributed by atoms with Crippen molar-refractivity contribution in [3.05, 3.63) is 45.7 Å². The highest BCUT2D eigenvalue weighted by molar-refractivity contribution is 5.82. The molecule has 1 aromatic carbocycles. The molecule has 0 atom stereocenters. The van der Waals surface area contributed by atoms with E-state index in [-0.39, 0.29) is 11.1 Å². The van der Waals surface area contributed by atoms with Gasteiger partial charge in [-0.1, -0.05) is 18.2 Å². The first-order chi connectivity index (χ1) is 8.29. The van der Waals surface area contributed by atoms with Crippen LogP contribution in [-0.4, -0.2) is 10.1 Å². The van der Waals surface area contributed by atoms with E-state index in [1.165, 1.54) is 0 Å². The van der Waals surface area contributed by atoms with Gasteiger partial charge in [0.1, 0.15) is 0 Å². The molecule has 0 amide bonds. The zero-order valence-electron chi connectivity index (χ0n) is 11.4. The Hall–Kier alpha value is -1.61. The van der Waals surface area contributed by atoms with Crippen LogP contribution in [0.3, 0.4) is 0 Å². The summed E-state index contributed by atoms with van der Waals surface area (Å²) in [5.41, 5.74) is 8.59. The Balaban J connectivity index is 2.73. The number of rotatable bonds is 2. The first kappa shape index (κ1) is 12.8. The Morgan fingerprint density at radius 1 is 1.33 bits per heavy atom. The third kappa shape index (κ3) is 2.31. The van der Waals surface area contributed by atoms with Gasteiger partial charge in [0, 0.05) is 18.2 Å². The van der Waals surface area contributed by atoms with Gasteiger partial charge in [-0.25, -0.2) is 0 Å². The van der Waals surface area contributed by atoms with Crippen LogP contribution in [0.15, 0.2) is 29.1 Å². The van der Waals surface area contributed by atoms with Crippen molar-refractivity contribution in [2.75, 3.05) is 0 Å². The molecule has 2 aromatic rings.